The minimum Gasteiger partial charge on any atom is -0.493 e. The van der Waals surface area contributed by atoms with Gasteiger partial charge >= 0.3 is 5.97 Å². The molecule has 1 atom stereocenters. The predicted octanol–water partition coefficient (Wildman–Crippen LogP) is 3.44. The lowest BCUT2D eigenvalue weighted by atomic mass is 9.87. The summed E-state index contributed by atoms with van der Waals surface area (Å²) in [6, 6.07) is 11.1. The highest BCUT2D eigenvalue weighted by Crippen LogP contribution is 2.41. The summed E-state index contributed by atoms with van der Waals surface area (Å²) in [5.74, 6) is 0.388. The number of methoxy groups -OCH3 is 2. The average molecular weight is 418 g/mol. The van der Waals surface area contributed by atoms with Crippen molar-refractivity contribution in [1.82, 2.24) is 4.90 Å². The molecule has 1 aliphatic heterocycles. The van der Waals surface area contributed by atoms with Crippen LogP contribution in [-0.2, 0) is 20.7 Å². The maximum Gasteiger partial charge on any atom is 0.325 e. The number of nitrogens with zero attached hydrogens (tertiary/aromatic N) is 1. The molecule has 0 saturated heterocycles. The van der Waals surface area contributed by atoms with Gasteiger partial charge in [0, 0.05) is 23.0 Å². The molecule has 0 spiro atoms. The monoisotopic (exact) mass is 417 g/mol. The van der Waals surface area contributed by atoms with Gasteiger partial charge in [-0.05, 0) is 36.2 Å². The summed E-state index contributed by atoms with van der Waals surface area (Å²) < 4.78 is 16.1. The third-order valence-electron chi connectivity index (χ3n) is 5.01. The van der Waals surface area contributed by atoms with Gasteiger partial charge in [0.05, 0.1) is 27.2 Å². The Morgan fingerprint density at radius 3 is 2.66 bits per heavy atom. The highest BCUT2D eigenvalue weighted by molar-refractivity contribution is 6.30. The maximum atomic E-state index is 12.9. The molecule has 7 heteroatoms. The van der Waals surface area contributed by atoms with Crippen molar-refractivity contribution in [2.75, 3.05) is 33.9 Å². The highest BCUT2D eigenvalue weighted by Gasteiger charge is 2.32. The molecular weight excluding hydrogens is 394 g/mol. The quantitative estimate of drug-likeness (QED) is 0.674. The van der Waals surface area contributed by atoms with E-state index in [1.807, 2.05) is 30.3 Å². The highest BCUT2D eigenvalue weighted by atomic mass is 35.5. The van der Waals surface area contributed by atoms with Gasteiger partial charge in [-0.3, -0.25) is 9.59 Å². The predicted molar refractivity (Wildman–Crippen MR) is 110 cm³/mol. The van der Waals surface area contributed by atoms with E-state index in [-0.39, 0.29) is 31.4 Å². The number of halogens is 1. The second-order valence-corrected chi connectivity index (χ2v) is 7.17. The number of para-hydroxylation sites is 1. The lowest BCUT2D eigenvalue weighted by Crippen LogP contribution is -2.38. The normalized spacial score (nSPS) is 16.1. The molecule has 29 heavy (non-hydrogen) atoms. The Balaban J connectivity index is 2.10. The van der Waals surface area contributed by atoms with Gasteiger partial charge in [-0.15, -0.1) is 0 Å². The summed E-state index contributed by atoms with van der Waals surface area (Å²) >= 11 is 6.28. The number of hydrogen-bond acceptors (Lipinski definition) is 5. The van der Waals surface area contributed by atoms with Crippen molar-refractivity contribution in [2.24, 2.45) is 0 Å². The third kappa shape index (κ3) is 4.48. The van der Waals surface area contributed by atoms with Crippen molar-refractivity contribution in [2.45, 2.75) is 19.3 Å². The number of rotatable bonds is 6. The Kier molecular flexibility index (Phi) is 6.64. The zero-order valence-electron chi connectivity index (χ0n) is 16.7. The van der Waals surface area contributed by atoms with Crippen molar-refractivity contribution in [1.29, 1.82) is 0 Å². The molecule has 2 aromatic rings. The number of amides is 1. The molecule has 0 saturated carbocycles. The van der Waals surface area contributed by atoms with E-state index < -0.39 is 5.97 Å². The van der Waals surface area contributed by atoms with E-state index in [1.54, 1.807) is 27.2 Å². The van der Waals surface area contributed by atoms with E-state index in [9.17, 15) is 9.59 Å². The molecule has 1 aliphatic rings. The molecule has 1 heterocycles. The van der Waals surface area contributed by atoms with Gasteiger partial charge in [0.25, 0.3) is 0 Å². The van der Waals surface area contributed by atoms with Gasteiger partial charge in [-0.25, -0.2) is 0 Å². The van der Waals surface area contributed by atoms with Gasteiger partial charge < -0.3 is 19.1 Å². The molecule has 0 aliphatic carbocycles. The Hall–Kier alpha value is -2.73. The number of hydrogen-bond donors (Lipinski definition) is 0. The van der Waals surface area contributed by atoms with Crippen LogP contribution in [0.15, 0.2) is 36.4 Å². The molecule has 3 rings (SSSR count). The molecule has 0 radical (unpaired) electrons. The molecule has 6 nitrogen and oxygen atoms in total. The number of esters is 1. The summed E-state index contributed by atoms with van der Waals surface area (Å²) in [6.45, 7) is 2.21. The Morgan fingerprint density at radius 2 is 1.97 bits per heavy atom. The fraction of sp³-hybridized carbons (Fsp3) is 0.364. The second kappa shape index (κ2) is 9.18. The molecule has 0 N–H and O–H groups in total. The third-order valence-corrected chi connectivity index (χ3v) is 5.25. The number of carbonyl (C=O) groups excluding carboxylic acids is 2. The molecule has 1 unspecified atom stereocenters. The van der Waals surface area contributed by atoms with Crippen LogP contribution in [-0.4, -0.2) is 50.7 Å². The zero-order chi connectivity index (χ0) is 21.0. The molecule has 0 aromatic heterocycles. The summed E-state index contributed by atoms with van der Waals surface area (Å²) in [5.41, 5.74) is 2.67. The van der Waals surface area contributed by atoms with Gasteiger partial charge in [0.2, 0.25) is 5.91 Å². The minimum absolute atomic E-state index is 0.100. The van der Waals surface area contributed by atoms with E-state index in [1.165, 1.54) is 4.90 Å². The lowest BCUT2D eigenvalue weighted by Gasteiger charge is -2.26. The van der Waals surface area contributed by atoms with Crippen LogP contribution in [0.25, 0.3) is 0 Å². The van der Waals surface area contributed by atoms with E-state index in [0.717, 1.165) is 16.7 Å². The SMILES string of the molecule is CCOC(=O)CN1CC(c2cccc(OC)c2OC)c2cc(Cl)ccc2CC1=O. The van der Waals surface area contributed by atoms with Crippen LogP contribution in [0.5, 0.6) is 11.5 Å². The van der Waals surface area contributed by atoms with E-state index >= 15 is 0 Å². The largest absolute Gasteiger partial charge is 0.493 e. The van der Waals surface area contributed by atoms with Crippen molar-refractivity contribution in [3.8, 4) is 11.5 Å². The Morgan fingerprint density at radius 1 is 1.17 bits per heavy atom. The maximum absolute atomic E-state index is 12.9. The van der Waals surface area contributed by atoms with Crippen LogP contribution < -0.4 is 9.47 Å². The van der Waals surface area contributed by atoms with E-state index in [0.29, 0.717) is 23.1 Å². The molecule has 154 valence electrons. The molecule has 0 bridgehead atoms. The first kappa shape index (κ1) is 21.0. The van der Waals surface area contributed by atoms with Crippen molar-refractivity contribution < 1.29 is 23.8 Å². The first-order valence-electron chi connectivity index (χ1n) is 9.41. The van der Waals surface area contributed by atoms with Crippen molar-refractivity contribution in [3.63, 3.8) is 0 Å². The standard InChI is InChI=1S/C22H24ClNO5/c1-4-29-21(26)13-24-12-18(16-6-5-7-19(27-2)22(16)28-3)17-11-15(23)9-8-14(17)10-20(24)25/h5-9,11,18H,4,10,12-13H2,1-3H3. The topological polar surface area (TPSA) is 65.1 Å². The summed E-state index contributed by atoms with van der Waals surface area (Å²) in [6.07, 6.45) is 0.189. The molecular formula is C22H24ClNO5. The average Bonchev–Trinajstić information content (AvgIpc) is 2.84. The van der Waals surface area contributed by atoms with Gasteiger partial charge in [-0.2, -0.15) is 0 Å². The first-order valence-corrected chi connectivity index (χ1v) is 9.78. The van der Waals surface area contributed by atoms with Crippen LogP contribution in [0.1, 0.15) is 29.5 Å². The number of ether oxygens (including phenoxy) is 3. The number of benzene rings is 2. The van der Waals surface area contributed by atoms with Gasteiger partial charge in [0.15, 0.2) is 11.5 Å². The van der Waals surface area contributed by atoms with Gasteiger partial charge in [-0.1, -0.05) is 29.8 Å². The fourth-order valence-electron chi connectivity index (χ4n) is 3.71. The summed E-state index contributed by atoms with van der Waals surface area (Å²) in [5, 5.41) is 0.585. The van der Waals surface area contributed by atoms with Crippen LogP contribution in [0.3, 0.4) is 0 Å². The smallest absolute Gasteiger partial charge is 0.325 e. The lowest BCUT2D eigenvalue weighted by molar-refractivity contribution is -0.148. The summed E-state index contributed by atoms with van der Waals surface area (Å²) in [4.78, 5) is 26.5. The Labute approximate surface area is 175 Å². The van der Waals surface area contributed by atoms with Crippen LogP contribution in [0, 0.1) is 0 Å². The minimum atomic E-state index is -0.429. The number of fused-ring (bicyclic) bond motifs is 1. The molecule has 2 aromatic carbocycles. The van der Waals surface area contributed by atoms with Crippen LogP contribution in [0.4, 0.5) is 0 Å². The van der Waals surface area contributed by atoms with Crippen LogP contribution >= 0.6 is 11.6 Å². The van der Waals surface area contributed by atoms with Crippen LogP contribution in [0.2, 0.25) is 5.02 Å². The van der Waals surface area contributed by atoms with Gasteiger partial charge in [0.1, 0.15) is 6.54 Å². The fourth-order valence-corrected chi connectivity index (χ4v) is 3.89. The zero-order valence-corrected chi connectivity index (χ0v) is 17.5. The van der Waals surface area contributed by atoms with E-state index in [2.05, 4.69) is 0 Å². The van der Waals surface area contributed by atoms with Crippen molar-refractivity contribution in [3.05, 3.63) is 58.1 Å². The second-order valence-electron chi connectivity index (χ2n) is 6.73. The van der Waals surface area contributed by atoms with E-state index in [4.69, 9.17) is 25.8 Å². The molecule has 0 fully saturated rings. The Bertz CT molecular complexity index is 914. The number of carbonyl (C=O) groups is 2. The summed E-state index contributed by atoms with van der Waals surface area (Å²) in [7, 11) is 3.16. The molecule has 1 amide bonds. The first-order chi connectivity index (χ1) is 14.0. The van der Waals surface area contributed by atoms with Crippen molar-refractivity contribution >= 4 is 23.5 Å².